The van der Waals surface area contributed by atoms with Gasteiger partial charge in [0.15, 0.2) is 0 Å². The topological polar surface area (TPSA) is 127 Å². The monoisotopic (exact) mass is 421 g/mol. The van der Waals surface area contributed by atoms with Crippen LogP contribution in [-0.2, 0) is 10.0 Å². The minimum atomic E-state index is -3.72. The predicted molar refractivity (Wildman–Crippen MR) is 109 cm³/mol. The fourth-order valence-electron chi connectivity index (χ4n) is 2.74. The summed E-state index contributed by atoms with van der Waals surface area (Å²) in [6.45, 7) is 0. The van der Waals surface area contributed by atoms with Gasteiger partial charge < -0.3 is 5.11 Å². The van der Waals surface area contributed by atoms with Gasteiger partial charge in [0.1, 0.15) is 5.69 Å². The Kier molecular flexibility index (Phi) is 4.98. The van der Waals surface area contributed by atoms with E-state index >= 15 is 0 Å². The molecule has 0 fully saturated rings. The zero-order valence-electron chi connectivity index (χ0n) is 15.4. The zero-order valence-corrected chi connectivity index (χ0v) is 16.2. The molecule has 0 atom stereocenters. The van der Waals surface area contributed by atoms with Gasteiger partial charge in [-0.2, -0.15) is 0 Å². The van der Waals surface area contributed by atoms with Gasteiger partial charge in [-0.15, -0.1) is 5.10 Å². The summed E-state index contributed by atoms with van der Waals surface area (Å²) in [5, 5.41) is 17.2. The summed E-state index contributed by atoms with van der Waals surface area (Å²) < 4.78 is 29.0. The lowest BCUT2D eigenvalue weighted by atomic mass is 10.2. The lowest BCUT2D eigenvalue weighted by molar-refractivity contribution is 0.0696. The normalized spacial score (nSPS) is 11.2. The van der Waals surface area contributed by atoms with E-state index in [1.54, 1.807) is 48.7 Å². The van der Waals surface area contributed by atoms with E-state index in [1.807, 2.05) is 0 Å². The summed E-state index contributed by atoms with van der Waals surface area (Å²) in [5.41, 5.74) is 1.76. The molecule has 0 aliphatic carbocycles. The zero-order chi connectivity index (χ0) is 21.1. The minimum Gasteiger partial charge on any atom is -0.478 e. The van der Waals surface area contributed by atoms with Crippen LogP contribution < -0.4 is 4.72 Å². The molecule has 30 heavy (non-hydrogen) atoms. The van der Waals surface area contributed by atoms with Gasteiger partial charge in [0, 0.05) is 6.20 Å². The van der Waals surface area contributed by atoms with Gasteiger partial charge in [-0.25, -0.2) is 17.9 Å². The van der Waals surface area contributed by atoms with Crippen molar-refractivity contribution in [2.75, 3.05) is 4.72 Å². The van der Waals surface area contributed by atoms with Gasteiger partial charge in [0.2, 0.25) is 0 Å². The fourth-order valence-corrected chi connectivity index (χ4v) is 3.81. The molecule has 2 aromatic carbocycles. The SMILES string of the molecule is O=C(O)c1ccnc(-c2cn(-c3cccc(NS(=O)(=O)c4ccccc4)c3)nn2)c1. The molecule has 2 aromatic heterocycles. The number of aromatic nitrogens is 4. The molecule has 10 heteroatoms. The molecule has 9 nitrogen and oxygen atoms in total. The van der Waals surface area contributed by atoms with E-state index < -0.39 is 16.0 Å². The van der Waals surface area contributed by atoms with E-state index in [4.69, 9.17) is 5.11 Å². The van der Waals surface area contributed by atoms with Crippen molar-refractivity contribution in [3.63, 3.8) is 0 Å². The summed E-state index contributed by atoms with van der Waals surface area (Å²) in [5.74, 6) is -1.07. The molecule has 2 N–H and O–H groups in total. The van der Waals surface area contributed by atoms with Crippen LogP contribution in [0.2, 0.25) is 0 Å². The van der Waals surface area contributed by atoms with Crippen molar-refractivity contribution in [2.24, 2.45) is 0 Å². The van der Waals surface area contributed by atoms with Gasteiger partial charge >= 0.3 is 5.97 Å². The number of pyridine rings is 1. The van der Waals surface area contributed by atoms with Crippen LogP contribution >= 0.6 is 0 Å². The lowest BCUT2D eigenvalue weighted by Gasteiger charge is -2.09. The Morgan fingerprint density at radius 1 is 0.967 bits per heavy atom. The molecule has 0 spiro atoms. The highest BCUT2D eigenvalue weighted by Gasteiger charge is 2.14. The number of sulfonamides is 1. The molecular formula is C20H15N5O4S. The number of aromatic carboxylic acids is 1. The van der Waals surface area contributed by atoms with E-state index in [9.17, 15) is 13.2 Å². The molecule has 0 bridgehead atoms. The maximum absolute atomic E-state index is 12.5. The first-order valence-electron chi connectivity index (χ1n) is 8.73. The number of benzene rings is 2. The highest BCUT2D eigenvalue weighted by molar-refractivity contribution is 7.92. The van der Waals surface area contributed by atoms with Crippen molar-refractivity contribution < 1.29 is 18.3 Å². The first kappa shape index (κ1) is 19.3. The van der Waals surface area contributed by atoms with Crippen LogP contribution in [0.15, 0.2) is 84.0 Å². The first-order valence-corrected chi connectivity index (χ1v) is 10.2. The van der Waals surface area contributed by atoms with Crippen LogP contribution in [0.25, 0.3) is 17.1 Å². The molecule has 0 aliphatic heterocycles. The predicted octanol–water partition coefficient (Wildman–Crippen LogP) is 2.83. The van der Waals surface area contributed by atoms with Crippen molar-refractivity contribution in [3.8, 4) is 17.1 Å². The van der Waals surface area contributed by atoms with Crippen LogP contribution in [0, 0.1) is 0 Å². The van der Waals surface area contributed by atoms with Gasteiger partial charge in [0.25, 0.3) is 10.0 Å². The standard InChI is InChI=1S/C20H15N5O4S/c26-20(27)14-9-10-21-18(11-14)19-13-25(24-22-19)16-6-4-5-15(12-16)23-30(28,29)17-7-2-1-3-8-17/h1-13,23H,(H,26,27). The van der Waals surface area contributed by atoms with Crippen molar-refractivity contribution in [1.29, 1.82) is 0 Å². The number of hydrogen-bond acceptors (Lipinski definition) is 6. The number of anilines is 1. The smallest absolute Gasteiger partial charge is 0.335 e. The average Bonchev–Trinajstić information content (AvgIpc) is 3.25. The van der Waals surface area contributed by atoms with E-state index in [1.165, 1.54) is 35.1 Å². The summed E-state index contributed by atoms with van der Waals surface area (Å²) in [7, 11) is -3.72. The van der Waals surface area contributed by atoms with E-state index in [2.05, 4.69) is 20.0 Å². The summed E-state index contributed by atoms with van der Waals surface area (Å²) in [4.78, 5) is 15.4. The Bertz CT molecular complexity index is 1320. The van der Waals surface area contributed by atoms with E-state index in [-0.39, 0.29) is 10.5 Å². The second-order valence-corrected chi connectivity index (χ2v) is 7.93. The van der Waals surface area contributed by atoms with Gasteiger partial charge in [-0.05, 0) is 42.5 Å². The summed E-state index contributed by atoms with van der Waals surface area (Å²) in [6, 6.07) is 17.5. The second kappa shape index (κ2) is 7.76. The van der Waals surface area contributed by atoms with Crippen LogP contribution in [0.4, 0.5) is 5.69 Å². The number of rotatable bonds is 6. The third-order valence-corrected chi connectivity index (χ3v) is 5.58. The van der Waals surface area contributed by atoms with Gasteiger partial charge in [-0.3, -0.25) is 9.71 Å². The molecule has 2 heterocycles. The molecule has 150 valence electrons. The molecule has 0 amide bonds. The summed E-state index contributed by atoms with van der Waals surface area (Å²) >= 11 is 0. The average molecular weight is 421 g/mol. The van der Waals surface area contributed by atoms with E-state index in [0.29, 0.717) is 22.8 Å². The maximum atomic E-state index is 12.5. The number of carbonyl (C=O) groups is 1. The number of carboxylic acids is 1. The minimum absolute atomic E-state index is 0.0897. The molecular weight excluding hydrogens is 406 g/mol. The Morgan fingerprint density at radius 3 is 2.53 bits per heavy atom. The Hall–Kier alpha value is -4.05. The van der Waals surface area contributed by atoms with Crippen LogP contribution in [0.3, 0.4) is 0 Å². The molecule has 4 aromatic rings. The van der Waals surface area contributed by atoms with Crippen LogP contribution in [0.5, 0.6) is 0 Å². The largest absolute Gasteiger partial charge is 0.478 e. The summed E-state index contributed by atoms with van der Waals surface area (Å²) in [6.07, 6.45) is 2.97. The Balaban J connectivity index is 1.61. The molecule has 0 radical (unpaired) electrons. The second-order valence-electron chi connectivity index (χ2n) is 6.25. The molecule has 0 unspecified atom stereocenters. The van der Waals surface area contributed by atoms with Crippen molar-refractivity contribution in [3.05, 3.63) is 84.7 Å². The first-order chi connectivity index (χ1) is 14.4. The van der Waals surface area contributed by atoms with Gasteiger partial charge in [-0.1, -0.05) is 29.5 Å². The Morgan fingerprint density at radius 2 is 1.77 bits per heavy atom. The third kappa shape index (κ3) is 4.03. The highest BCUT2D eigenvalue weighted by Crippen LogP contribution is 2.21. The lowest BCUT2D eigenvalue weighted by Crippen LogP contribution is -2.13. The molecule has 4 rings (SSSR count). The van der Waals surface area contributed by atoms with Gasteiger partial charge in [0.05, 0.1) is 33.7 Å². The Labute approximate surface area is 171 Å². The maximum Gasteiger partial charge on any atom is 0.335 e. The van der Waals surface area contributed by atoms with Crippen molar-refractivity contribution >= 4 is 21.7 Å². The molecule has 0 saturated carbocycles. The van der Waals surface area contributed by atoms with Crippen LogP contribution in [-0.4, -0.2) is 39.5 Å². The van der Waals surface area contributed by atoms with Crippen molar-refractivity contribution in [1.82, 2.24) is 20.0 Å². The number of nitrogens with zero attached hydrogens (tertiary/aromatic N) is 4. The third-order valence-electron chi connectivity index (χ3n) is 4.18. The number of hydrogen-bond donors (Lipinski definition) is 2. The molecule has 0 saturated heterocycles. The van der Waals surface area contributed by atoms with Crippen molar-refractivity contribution in [2.45, 2.75) is 4.90 Å². The van der Waals surface area contributed by atoms with Crippen LogP contribution in [0.1, 0.15) is 10.4 Å². The number of nitrogens with one attached hydrogen (secondary N) is 1. The quantitative estimate of drug-likeness (QED) is 0.490. The molecule has 0 aliphatic rings. The van der Waals surface area contributed by atoms with E-state index in [0.717, 1.165) is 0 Å². The number of carboxylic acid groups (broad SMARTS) is 1. The highest BCUT2D eigenvalue weighted by atomic mass is 32.2. The fraction of sp³-hybridized carbons (Fsp3) is 0.